The molecule has 1 aromatic rings. The number of allylic oxidation sites excluding steroid dienone is 4. The van der Waals surface area contributed by atoms with Gasteiger partial charge in [0.1, 0.15) is 11.5 Å². The normalized spacial score (nSPS) is 20.8. The largest absolute Gasteiger partial charge is 0.508 e. The predicted octanol–water partition coefficient (Wildman–Crippen LogP) is 2.36. The van der Waals surface area contributed by atoms with Crippen LogP contribution in [0.5, 0.6) is 11.5 Å². The zero-order valence-corrected chi connectivity index (χ0v) is 11.8. The van der Waals surface area contributed by atoms with E-state index in [-0.39, 0.29) is 17.4 Å². The lowest BCUT2D eigenvalue weighted by atomic mass is 9.76. The summed E-state index contributed by atoms with van der Waals surface area (Å²) >= 11 is 0. The highest BCUT2D eigenvalue weighted by molar-refractivity contribution is 5.82. The van der Waals surface area contributed by atoms with E-state index in [0.717, 1.165) is 0 Å². The van der Waals surface area contributed by atoms with Gasteiger partial charge in [0, 0.05) is 24.3 Å². The molecule has 2 rings (SSSR count). The zero-order chi connectivity index (χ0) is 15.3. The van der Waals surface area contributed by atoms with Crippen LogP contribution in [0.25, 0.3) is 0 Å². The Morgan fingerprint density at radius 1 is 1.43 bits per heavy atom. The van der Waals surface area contributed by atoms with Crippen LogP contribution >= 0.6 is 0 Å². The number of rotatable bonds is 4. The SMILES string of the molecule is CCC(=O)N/N=C\C1(c2ccc(O)cc2O)C=CC=CC1. The molecule has 0 saturated carbocycles. The van der Waals surface area contributed by atoms with Crippen LogP contribution in [0.15, 0.2) is 47.6 Å². The van der Waals surface area contributed by atoms with Crippen molar-refractivity contribution in [2.45, 2.75) is 25.2 Å². The number of carbonyl (C=O) groups is 1. The van der Waals surface area contributed by atoms with E-state index in [1.165, 1.54) is 12.1 Å². The van der Waals surface area contributed by atoms with Gasteiger partial charge in [-0.15, -0.1) is 0 Å². The lowest BCUT2D eigenvalue weighted by molar-refractivity contribution is -0.120. The van der Waals surface area contributed by atoms with Crippen molar-refractivity contribution in [1.29, 1.82) is 0 Å². The second kappa shape index (κ2) is 6.26. The fourth-order valence-electron chi connectivity index (χ4n) is 2.21. The molecule has 1 amide bonds. The van der Waals surface area contributed by atoms with Gasteiger partial charge in [-0.2, -0.15) is 5.10 Å². The number of aromatic hydroxyl groups is 2. The van der Waals surface area contributed by atoms with Crippen molar-refractivity contribution in [3.8, 4) is 11.5 Å². The molecule has 1 aliphatic carbocycles. The summed E-state index contributed by atoms with van der Waals surface area (Å²) in [5, 5.41) is 23.5. The highest BCUT2D eigenvalue weighted by Gasteiger charge is 2.30. The van der Waals surface area contributed by atoms with Gasteiger partial charge in [0.15, 0.2) is 0 Å². The molecule has 21 heavy (non-hydrogen) atoms. The van der Waals surface area contributed by atoms with Crippen LogP contribution in [-0.2, 0) is 10.2 Å². The molecule has 1 unspecified atom stereocenters. The van der Waals surface area contributed by atoms with Crippen molar-refractivity contribution in [2.24, 2.45) is 5.10 Å². The Balaban J connectivity index is 2.36. The maximum atomic E-state index is 11.3. The lowest BCUT2D eigenvalue weighted by Crippen LogP contribution is -2.28. The first-order chi connectivity index (χ1) is 10.1. The molecule has 5 nitrogen and oxygen atoms in total. The van der Waals surface area contributed by atoms with Crippen molar-refractivity contribution in [3.63, 3.8) is 0 Å². The second-order valence-corrected chi connectivity index (χ2v) is 4.88. The number of benzene rings is 1. The summed E-state index contributed by atoms with van der Waals surface area (Å²) in [7, 11) is 0. The number of phenols is 2. The molecule has 0 saturated heterocycles. The summed E-state index contributed by atoms with van der Waals surface area (Å²) in [6.07, 6.45) is 10.2. The molecule has 0 fully saturated rings. The molecular formula is C16H18N2O3. The minimum atomic E-state index is -0.645. The molecule has 0 aliphatic heterocycles. The van der Waals surface area contributed by atoms with E-state index in [9.17, 15) is 15.0 Å². The van der Waals surface area contributed by atoms with Gasteiger partial charge in [0.25, 0.3) is 0 Å². The Bertz CT molecular complexity index is 620. The molecule has 110 valence electrons. The van der Waals surface area contributed by atoms with Crippen LogP contribution in [-0.4, -0.2) is 22.3 Å². The smallest absolute Gasteiger partial charge is 0.239 e. The van der Waals surface area contributed by atoms with E-state index in [4.69, 9.17) is 0 Å². The van der Waals surface area contributed by atoms with Crippen LogP contribution in [0.4, 0.5) is 0 Å². The number of nitrogens with one attached hydrogen (secondary N) is 1. The number of carbonyl (C=O) groups excluding carboxylic acids is 1. The minimum Gasteiger partial charge on any atom is -0.508 e. The molecule has 0 heterocycles. The van der Waals surface area contributed by atoms with Gasteiger partial charge in [-0.3, -0.25) is 4.79 Å². The summed E-state index contributed by atoms with van der Waals surface area (Å²) in [4.78, 5) is 11.3. The Kier molecular flexibility index (Phi) is 4.42. The summed E-state index contributed by atoms with van der Waals surface area (Å²) in [5.74, 6) is -0.187. The first-order valence-electron chi connectivity index (χ1n) is 6.77. The van der Waals surface area contributed by atoms with Crippen molar-refractivity contribution in [2.75, 3.05) is 0 Å². The van der Waals surface area contributed by atoms with E-state index >= 15 is 0 Å². The Labute approximate surface area is 123 Å². The number of hydrogen-bond acceptors (Lipinski definition) is 4. The van der Waals surface area contributed by atoms with E-state index < -0.39 is 5.41 Å². The molecule has 1 aromatic carbocycles. The van der Waals surface area contributed by atoms with E-state index in [1.54, 1.807) is 19.2 Å². The van der Waals surface area contributed by atoms with Crippen molar-refractivity contribution in [3.05, 3.63) is 48.1 Å². The molecule has 0 aromatic heterocycles. The third-order valence-corrected chi connectivity index (χ3v) is 3.38. The van der Waals surface area contributed by atoms with Crippen LogP contribution in [0.3, 0.4) is 0 Å². The van der Waals surface area contributed by atoms with Crippen LogP contribution in [0.1, 0.15) is 25.3 Å². The first kappa shape index (κ1) is 14.8. The van der Waals surface area contributed by atoms with Gasteiger partial charge in [-0.1, -0.05) is 37.3 Å². The summed E-state index contributed by atoms with van der Waals surface area (Å²) < 4.78 is 0. The number of hydrazone groups is 1. The lowest BCUT2D eigenvalue weighted by Gasteiger charge is -2.28. The van der Waals surface area contributed by atoms with Crippen molar-refractivity contribution < 1.29 is 15.0 Å². The van der Waals surface area contributed by atoms with Crippen LogP contribution in [0, 0.1) is 0 Å². The topological polar surface area (TPSA) is 81.9 Å². The van der Waals surface area contributed by atoms with E-state index in [0.29, 0.717) is 18.4 Å². The third-order valence-electron chi connectivity index (χ3n) is 3.38. The highest BCUT2D eigenvalue weighted by Crippen LogP contribution is 2.37. The Hall–Kier alpha value is -2.56. The molecule has 0 bridgehead atoms. The number of hydrogen-bond donors (Lipinski definition) is 3. The second-order valence-electron chi connectivity index (χ2n) is 4.88. The fourth-order valence-corrected chi connectivity index (χ4v) is 2.21. The Morgan fingerprint density at radius 2 is 2.24 bits per heavy atom. The maximum absolute atomic E-state index is 11.3. The van der Waals surface area contributed by atoms with Gasteiger partial charge < -0.3 is 10.2 Å². The van der Waals surface area contributed by atoms with Crippen LogP contribution in [0.2, 0.25) is 0 Å². The van der Waals surface area contributed by atoms with E-state index in [2.05, 4.69) is 10.5 Å². The average Bonchev–Trinajstić information content (AvgIpc) is 2.47. The number of amides is 1. The Morgan fingerprint density at radius 3 is 2.86 bits per heavy atom. The summed E-state index contributed by atoms with van der Waals surface area (Å²) in [6, 6.07) is 4.46. The zero-order valence-electron chi connectivity index (χ0n) is 11.8. The highest BCUT2D eigenvalue weighted by atomic mass is 16.3. The van der Waals surface area contributed by atoms with E-state index in [1.807, 2.05) is 24.3 Å². The summed E-state index contributed by atoms with van der Waals surface area (Å²) in [6.45, 7) is 1.75. The minimum absolute atomic E-state index is 0.00189. The van der Waals surface area contributed by atoms with Gasteiger partial charge in [-0.25, -0.2) is 5.43 Å². The van der Waals surface area contributed by atoms with Crippen LogP contribution < -0.4 is 5.43 Å². The molecule has 3 N–H and O–H groups in total. The molecular weight excluding hydrogens is 268 g/mol. The summed E-state index contributed by atoms with van der Waals surface area (Å²) in [5.41, 5.74) is 2.42. The molecule has 1 atom stereocenters. The number of phenolic OH excluding ortho intramolecular Hbond substituents is 2. The third kappa shape index (κ3) is 3.31. The quantitative estimate of drug-likeness (QED) is 0.587. The van der Waals surface area contributed by atoms with Gasteiger partial charge in [0.2, 0.25) is 5.91 Å². The van der Waals surface area contributed by atoms with Gasteiger partial charge in [-0.05, 0) is 12.5 Å². The molecule has 1 aliphatic rings. The fraction of sp³-hybridized carbons (Fsp3) is 0.250. The average molecular weight is 286 g/mol. The molecule has 5 heteroatoms. The van der Waals surface area contributed by atoms with Crippen molar-refractivity contribution >= 4 is 12.1 Å². The standard InChI is InChI=1S/C16H18N2O3/c1-2-15(21)18-17-11-16(8-4-3-5-9-16)13-7-6-12(19)10-14(13)20/h3-8,10-11,19-20H,2,9H2,1H3,(H,18,21)/b17-11-. The maximum Gasteiger partial charge on any atom is 0.239 e. The van der Waals surface area contributed by atoms with Crippen molar-refractivity contribution in [1.82, 2.24) is 5.43 Å². The van der Waals surface area contributed by atoms with Gasteiger partial charge in [0.05, 0.1) is 5.41 Å². The van der Waals surface area contributed by atoms with Gasteiger partial charge >= 0.3 is 0 Å². The monoisotopic (exact) mass is 286 g/mol. The predicted molar refractivity (Wildman–Crippen MR) is 81.3 cm³/mol. The molecule has 0 radical (unpaired) electrons. The molecule has 0 spiro atoms. The first-order valence-corrected chi connectivity index (χ1v) is 6.77. The number of nitrogens with zero attached hydrogens (tertiary/aromatic N) is 1.